The minimum absolute atomic E-state index is 0.0929. The Labute approximate surface area is 239 Å². The number of carbonyl (C=O) groups is 1. The van der Waals surface area contributed by atoms with E-state index in [0.717, 1.165) is 36.4 Å². The summed E-state index contributed by atoms with van der Waals surface area (Å²) in [6.45, 7) is 8.34. The predicted molar refractivity (Wildman–Crippen MR) is 152 cm³/mol. The average molecular weight is 608 g/mol. The monoisotopic (exact) mass is 607 g/mol. The molecule has 0 bridgehead atoms. The molecule has 0 saturated carbocycles. The molecular formula is C29H30F5N3O4Si. The maximum Gasteiger partial charge on any atom is 0.416 e. The lowest BCUT2D eigenvalue weighted by atomic mass is 10.0. The zero-order valence-corrected chi connectivity index (χ0v) is 24.6. The number of ether oxygens (including phenoxy) is 2. The van der Waals surface area contributed by atoms with E-state index < -0.39 is 48.7 Å². The van der Waals surface area contributed by atoms with E-state index in [4.69, 9.17) is 9.47 Å². The highest BCUT2D eigenvalue weighted by molar-refractivity contribution is 6.76. The molecule has 0 saturated heterocycles. The zero-order valence-electron chi connectivity index (χ0n) is 23.6. The normalized spacial score (nSPS) is 12.1. The van der Waals surface area contributed by atoms with Crippen molar-refractivity contribution in [2.24, 2.45) is 0 Å². The largest absolute Gasteiger partial charge is 0.454 e. The number of nitrogens with zero attached hydrogens (tertiary/aromatic N) is 1. The number of carbonyl (C=O) groups excluding carboxylic acids is 1. The molecule has 1 amide bonds. The van der Waals surface area contributed by atoms with Gasteiger partial charge in [0.25, 0.3) is 11.5 Å². The lowest BCUT2D eigenvalue weighted by molar-refractivity contribution is -0.137. The third-order valence-corrected chi connectivity index (χ3v) is 8.39. The molecule has 224 valence electrons. The Balaban J connectivity index is 2.01. The summed E-state index contributed by atoms with van der Waals surface area (Å²) in [5, 5.41) is 2.70. The molecule has 2 aromatic carbocycles. The van der Waals surface area contributed by atoms with Crippen LogP contribution in [0.15, 0.2) is 47.3 Å². The van der Waals surface area contributed by atoms with Crippen molar-refractivity contribution in [2.45, 2.75) is 45.5 Å². The van der Waals surface area contributed by atoms with E-state index in [1.165, 1.54) is 17.7 Å². The lowest BCUT2D eigenvalue weighted by Gasteiger charge is -2.19. The molecule has 0 aliphatic rings. The molecule has 0 aliphatic heterocycles. The summed E-state index contributed by atoms with van der Waals surface area (Å²) >= 11 is 0. The number of halogens is 5. The molecule has 0 aliphatic carbocycles. The first-order chi connectivity index (χ1) is 19.6. The summed E-state index contributed by atoms with van der Waals surface area (Å²) in [7, 11) is -0.117. The molecule has 2 aromatic heterocycles. The van der Waals surface area contributed by atoms with Crippen molar-refractivity contribution < 1.29 is 36.2 Å². The predicted octanol–water partition coefficient (Wildman–Crippen LogP) is 7.07. The Morgan fingerprint density at radius 2 is 1.74 bits per heavy atom. The number of alkyl halides is 3. The standard InChI is InChI=1S/C29H30F5N3O4Si/c1-16-25-20(14-22(27(38)35-2)36-28(25)39)26(37(16)15-40-10-11-42(3,4)5)19-12-17(29(32,33)34)6-8-23(19)41-24-9-7-18(30)13-21(24)31/h6-9,12-14H,10-11,15H2,1-5H3,(H,35,38)(H,36,39). The molecule has 0 unspecified atom stereocenters. The molecule has 4 aromatic rings. The molecule has 0 radical (unpaired) electrons. The van der Waals surface area contributed by atoms with E-state index >= 15 is 0 Å². The molecule has 0 spiro atoms. The van der Waals surface area contributed by atoms with Gasteiger partial charge in [-0.3, -0.25) is 9.59 Å². The first-order valence-electron chi connectivity index (χ1n) is 13.0. The number of aryl methyl sites for hydroxylation is 1. The van der Waals surface area contributed by atoms with E-state index in [-0.39, 0.29) is 40.2 Å². The summed E-state index contributed by atoms with van der Waals surface area (Å²) in [5.74, 6) is -3.17. The van der Waals surface area contributed by atoms with Crippen molar-refractivity contribution in [3.8, 4) is 22.8 Å². The van der Waals surface area contributed by atoms with Crippen molar-refractivity contribution >= 4 is 24.8 Å². The Bertz CT molecular complexity index is 1710. The second-order valence-corrected chi connectivity index (χ2v) is 16.6. The van der Waals surface area contributed by atoms with Gasteiger partial charge in [0.05, 0.1) is 16.6 Å². The van der Waals surface area contributed by atoms with Crippen molar-refractivity contribution in [1.29, 1.82) is 0 Å². The summed E-state index contributed by atoms with van der Waals surface area (Å²) in [5.41, 5.74) is -1.46. The Morgan fingerprint density at radius 1 is 1.05 bits per heavy atom. The highest BCUT2D eigenvalue weighted by atomic mass is 28.3. The first-order valence-corrected chi connectivity index (χ1v) is 16.7. The average Bonchev–Trinajstić information content (AvgIpc) is 3.18. The quantitative estimate of drug-likeness (QED) is 0.121. The van der Waals surface area contributed by atoms with E-state index in [1.54, 1.807) is 6.92 Å². The van der Waals surface area contributed by atoms with Crippen LogP contribution in [-0.2, 0) is 17.6 Å². The Morgan fingerprint density at radius 3 is 2.36 bits per heavy atom. The molecule has 2 N–H and O–H groups in total. The van der Waals surface area contributed by atoms with Gasteiger partial charge in [0.2, 0.25) is 0 Å². The van der Waals surface area contributed by atoms with Crippen LogP contribution in [0.4, 0.5) is 22.0 Å². The lowest BCUT2D eigenvalue weighted by Crippen LogP contribution is -2.22. The zero-order chi connectivity index (χ0) is 31.0. The van der Waals surface area contributed by atoms with Gasteiger partial charge in [-0.1, -0.05) is 19.6 Å². The number of nitrogens with one attached hydrogen (secondary N) is 2. The van der Waals surface area contributed by atoms with Crippen molar-refractivity contribution in [1.82, 2.24) is 14.9 Å². The Kier molecular flexibility index (Phi) is 8.65. The molecule has 13 heteroatoms. The molecule has 0 fully saturated rings. The van der Waals surface area contributed by atoms with Gasteiger partial charge in [0, 0.05) is 44.4 Å². The maximum atomic E-state index is 14.6. The molecule has 4 rings (SSSR count). The summed E-state index contributed by atoms with van der Waals surface area (Å²) in [6, 6.07) is 7.35. The number of amides is 1. The van der Waals surface area contributed by atoms with Gasteiger partial charge >= 0.3 is 6.18 Å². The summed E-state index contributed by atoms with van der Waals surface area (Å²) < 4.78 is 83.1. The number of benzene rings is 2. The number of rotatable bonds is 9. The van der Waals surface area contributed by atoms with Gasteiger partial charge in [0.15, 0.2) is 11.6 Å². The third kappa shape index (κ3) is 6.57. The van der Waals surface area contributed by atoms with Gasteiger partial charge in [-0.05, 0) is 49.4 Å². The molecular weight excluding hydrogens is 577 g/mol. The number of aromatic amines is 1. The summed E-state index contributed by atoms with van der Waals surface area (Å²) in [4.78, 5) is 28.2. The fraction of sp³-hybridized carbons (Fsp3) is 0.310. The molecule has 42 heavy (non-hydrogen) atoms. The fourth-order valence-electron chi connectivity index (χ4n) is 4.45. The van der Waals surface area contributed by atoms with Crippen molar-refractivity contribution in [3.05, 3.63) is 81.4 Å². The highest BCUT2D eigenvalue weighted by Gasteiger charge is 2.33. The Hall–Kier alpha value is -3.97. The first kappa shape index (κ1) is 31.0. The minimum Gasteiger partial charge on any atom is -0.454 e. The maximum absolute atomic E-state index is 14.6. The second-order valence-electron chi connectivity index (χ2n) is 11.0. The molecule has 2 heterocycles. The van der Waals surface area contributed by atoms with Crippen LogP contribution in [0.3, 0.4) is 0 Å². The van der Waals surface area contributed by atoms with Crippen molar-refractivity contribution in [2.75, 3.05) is 13.7 Å². The van der Waals surface area contributed by atoms with Crippen LogP contribution in [0.2, 0.25) is 25.7 Å². The third-order valence-electron chi connectivity index (χ3n) is 6.69. The van der Waals surface area contributed by atoms with Crippen LogP contribution in [-0.4, -0.2) is 37.2 Å². The number of hydrogen-bond acceptors (Lipinski definition) is 4. The molecule has 7 nitrogen and oxygen atoms in total. The van der Waals surface area contributed by atoms with Gasteiger partial charge in [-0.15, -0.1) is 0 Å². The van der Waals surface area contributed by atoms with Gasteiger partial charge in [0.1, 0.15) is 24.0 Å². The summed E-state index contributed by atoms with van der Waals surface area (Å²) in [6.07, 6.45) is -4.75. The van der Waals surface area contributed by atoms with Crippen LogP contribution in [0.25, 0.3) is 22.0 Å². The van der Waals surface area contributed by atoms with Crippen LogP contribution in [0, 0.1) is 18.6 Å². The van der Waals surface area contributed by atoms with E-state index in [0.29, 0.717) is 18.4 Å². The smallest absolute Gasteiger partial charge is 0.416 e. The van der Waals surface area contributed by atoms with Gasteiger partial charge < -0.3 is 24.3 Å². The van der Waals surface area contributed by atoms with E-state index in [9.17, 15) is 31.5 Å². The van der Waals surface area contributed by atoms with Crippen LogP contribution >= 0.6 is 0 Å². The topological polar surface area (TPSA) is 85.3 Å². The second kappa shape index (κ2) is 11.7. The van der Waals surface area contributed by atoms with E-state index in [1.807, 2.05) is 0 Å². The number of hydrogen-bond donors (Lipinski definition) is 2. The number of pyridine rings is 1. The number of H-pyrrole nitrogens is 1. The number of fused-ring (bicyclic) bond motifs is 1. The van der Waals surface area contributed by atoms with Crippen molar-refractivity contribution in [3.63, 3.8) is 0 Å². The van der Waals surface area contributed by atoms with Crippen LogP contribution in [0.1, 0.15) is 21.7 Å². The molecule has 0 atom stereocenters. The fourth-order valence-corrected chi connectivity index (χ4v) is 5.21. The van der Waals surface area contributed by atoms with E-state index in [2.05, 4.69) is 29.9 Å². The SMILES string of the molecule is CNC(=O)c1cc2c(-c3cc(C(F)(F)F)ccc3Oc3ccc(F)cc3F)n(COCC[Si](C)(C)C)c(C)c2c(=O)[nH]1. The highest BCUT2D eigenvalue weighted by Crippen LogP contribution is 2.43. The van der Waals surface area contributed by atoms with Gasteiger partial charge in [-0.2, -0.15) is 13.2 Å². The number of aromatic nitrogens is 2. The van der Waals surface area contributed by atoms with Crippen LogP contribution in [0.5, 0.6) is 11.5 Å². The minimum atomic E-state index is -4.75. The van der Waals surface area contributed by atoms with Gasteiger partial charge in [-0.25, -0.2) is 8.78 Å². The van der Waals surface area contributed by atoms with Crippen LogP contribution < -0.4 is 15.6 Å².